The zero-order valence-electron chi connectivity index (χ0n) is 22.9. The first-order valence-electron chi connectivity index (χ1n) is 14.0. The first-order chi connectivity index (χ1) is 19.0. The molecular formula is C37H38N2. The van der Waals surface area contributed by atoms with Crippen molar-refractivity contribution in [2.24, 2.45) is 0 Å². The predicted molar refractivity (Wildman–Crippen MR) is 166 cm³/mol. The number of aryl methyl sites for hydroxylation is 1. The molecule has 0 radical (unpaired) electrons. The van der Waals surface area contributed by atoms with Crippen LogP contribution in [-0.2, 0) is 32.1 Å². The molecular weight excluding hydrogens is 472 g/mol. The van der Waals surface area contributed by atoms with Gasteiger partial charge in [-0.05, 0) is 106 Å². The summed E-state index contributed by atoms with van der Waals surface area (Å²) < 4.78 is 0. The van der Waals surface area contributed by atoms with Crippen LogP contribution in [0, 0.1) is 0 Å². The second kappa shape index (κ2) is 12.5. The molecule has 39 heavy (non-hydrogen) atoms. The van der Waals surface area contributed by atoms with Gasteiger partial charge in [-0.1, -0.05) is 104 Å². The summed E-state index contributed by atoms with van der Waals surface area (Å²) in [5, 5.41) is 0. The van der Waals surface area contributed by atoms with E-state index in [9.17, 15) is 0 Å². The molecule has 0 aliphatic heterocycles. The van der Waals surface area contributed by atoms with Gasteiger partial charge < -0.3 is 11.5 Å². The molecule has 0 heterocycles. The zero-order valence-corrected chi connectivity index (χ0v) is 22.9. The summed E-state index contributed by atoms with van der Waals surface area (Å²) in [6.07, 6.45) is 6.04. The third-order valence-corrected chi connectivity index (χ3v) is 7.41. The topological polar surface area (TPSA) is 52.0 Å². The number of rotatable bonds is 10. The Hall–Kier alpha value is -4.30. The molecule has 5 aromatic carbocycles. The molecule has 0 saturated heterocycles. The summed E-state index contributed by atoms with van der Waals surface area (Å²) in [6, 6.07) is 41.5. The van der Waals surface area contributed by atoms with Crippen LogP contribution < -0.4 is 11.5 Å². The van der Waals surface area contributed by atoms with Crippen molar-refractivity contribution in [3.63, 3.8) is 0 Å². The lowest BCUT2D eigenvalue weighted by Crippen LogP contribution is -1.99. The molecule has 0 saturated carbocycles. The van der Waals surface area contributed by atoms with Gasteiger partial charge in [-0.3, -0.25) is 0 Å². The molecule has 0 bridgehead atoms. The quantitative estimate of drug-likeness (QED) is 0.186. The Labute approximate surface area is 233 Å². The molecule has 0 aliphatic rings. The van der Waals surface area contributed by atoms with Crippen LogP contribution in [0.15, 0.2) is 115 Å². The van der Waals surface area contributed by atoms with Gasteiger partial charge in [0, 0.05) is 11.4 Å². The Morgan fingerprint density at radius 1 is 0.385 bits per heavy atom. The summed E-state index contributed by atoms with van der Waals surface area (Å²) in [4.78, 5) is 0. The normalized spacial score (nSPS) is 11.0. The number of hydrogen-bond donors (Lipinski definition) is 2. The highest BCUT2D eigenvalue weighted by molar-refractivity contribution is 5.43. The summed E-state index contributed by atoms with van der Waals surface area (Å²) in [6.45, 7) is 2.27. The number of hydrogen-bond acceptors (Lipinski definition) is 2. The maximum atomic E-state index is 5.82. The third-order valence-electron chi connectivity index (χ3n) is 7.41. The predicted octanol–water partition coefficient (Wildman–Crippen LogP) is 8.17. The maximum absolute atomic E-state index is 5.82. The molecule has 0 atom stereocenters. The van der Waals surface area contributed by atoms with Crippen molar-refractivity contribution < 1.29 is 0 Å². The molecule has 0 spiro atoms. The Bertz CT molecular complexity index is 1480. The molecule has 196 valence electrons. The Kier molecular flexibility index (Phi) is 8.43. The number of nitrogens with two attached hydrogens (primary N) is 2. The average molecular weight is 511 g/mol. The minimum absolute atomic E-state index is 0.811. The SMILES string of the molecule is CCCc1cc(Cc2ccc(Cc3ccc(N)cc3)cc2)ccc1Cc1ccc(Cc2ccc(N)cc2)cc1. The van der Waals surface area contributed by atoms with Gasteiger partial charge in [0.25, 0.3) is 0 Å². The standard InChI is InChI=1S/C37H38N2/c1-2-3-34-26-33(24-29-6-4-27(5-7-29)22-30-13-18-36(38)19-14-30)12-17-35(34)25-32-10-8-28(9-11-32)23-31-15-20-37(39)21-16-31/h4-21,26H,2-3,22-25,38-39H2,1H3. The lowest BCUT2D eigenvalue weighted by Gasteiger charge is -2.13. The van der Waals surface area contributed by atoms with E-state index in [0.717, 1.165) is 49.9 Å². The third kappa shape index (κ3) is 7.39. The molecule has 2 heteroatoms. The van der Waals surface area contributed by atoms with E-state index < -0.39 is 0 Å². The van der Waals surface area contributed by atoms with Crippen molar-refractivity contribution in [1.29, 1.82) is 0 Å². The van der Waals surface area contributed by atoms with Gasteiger partial charge in [-0.2, -0.15) is 0 Å². The lowest BCUT2D eigenvalue weighted by atomic mass is 9.92. The molecule has 0 amide bonds. The van der Waals surface area contributed by atoms with Crippen LogP contribution in [0.3, 0.4) is 0 Å². The Balaban J connectivity index is 1.23. The van der Waals surface area contributed by atoms with E-state index in [1.165, 1.54) is 50.1 Å². The van der Waals surface area contributed by atoms with E-state index in [1.54, 1.807) is 0 Å². The van der Waals surface area contributed by atoms with Crippen LogP contribution in [-0.4, -0.2) is 0 Å². The van der Waals surface area contributed by atoms with Crippen molar-refractivity contribution in [3.05, 3.63) is 165 Å². The average Bonchev–Trinajstić information content (AvgIpc) is 2.95. The number of nitrogen functional groups attached to an aromatic ring is 2. The molecule has 5 aromatic rings. The highest BCUT2D eigenvalue weighted by Crippen LogP contribution is 2.22. The minimum atomic E-state index is 0.811. The van der Waals surface area contributed by atoms with Crippen LogP contribution in [0.4, 0.5) is 11.4 Å². The largest absolute Gasteiger partial charge is 0.399 e. The monoisotopic (exact) mass is 510 g/mol. The zero-order chi connectivity index (χ0) is 27.0. The minimum Gasteiger partial charge on any atom is -0.399 e. The summed E-state index contributed by atoms with van der Waals surface area (Å²) >= 11 is 0. The van der Waals surface area contributed by atoms with Gasteiger partial charge in [0.2, 0.25) is 0 Å². The van der Waals surface area contributed by atoms with E-state index in [-0.39, 0.29) is 0 Å². The molecule has 0 aliphatic carbocycles. The summed E-state index contributed by atoms with van der Waals surface area (Å²) in [5.74, 6) is 0. The van der Waals surface area contributed by atoms with Gasteiger partial charge in [0.05, 0.1) is 0 Å². The second-order valence-electron chi connectivity index (χ2n) is 10.7. The van der Waals surface area contributed by atoms with E-state index in [0.29, 0.717) is 0 Å². The van der Waals surface area contributed by atoms with E-state index in [4.69, 9.17) is 11.5 Å². The summed E-state index contributed by atoms with van der Waals surface area (Å²) in [7, 11) is 0. The fraction of sp³-hybridized carbons (Fsp3) is 0.189. The van der Waals surface area contributed by atoms with Crippen molar-refractivity contribution in [1.82, 2.24) is 0 Å². The molecule has 2 nitrogen and oxygen atoms in total. The molecule has 5 rings (SSSR count). The highest BCUT2D eigenvalue weighted by atomic mass is 14.5. The van der Waals surface area contributed by atoms with E-state index >= 15 is 0 Å². The van der Waals surface area contributed by atoms with Crippen LogP contribution in [0.2, 0.25) is 0 Å². The Morgan fingerprint density at radius 3 is 1.13 bits per heavy atom. The van der Waals surface area contributed by atoms with Crippen LogP contribution in [0.25, 0.3) is 0 Å². The van der Waals surface area contributed by atoms with Crippen molar-refractivity contribution >= 4 is 11.4 Å². The van der Waals surface area contributed by atoms with Gasteiger partial charge in [-0.15, -0.1) is 0 Å². The number of anilines is 2. The molecule has 0 fully saturated rings. The fourth-order valence-electron chi connectivity index (χ4n) is 5.21. The molecule has 0 aromatic heterocycles. The van der Waals surface area contributed by atoms with Gasteiger partial charge in [0.1, 0.15) is 0 Å². The first kappa shape index (κ1) is 26.3. The van der Waals surface area contributed by atoms with Gasteiger partial charge >= 0.3 is 0 Å². The van der Waals surface area contributed by atoms with Crippen LogP contribution in [0.5, 0.6) is 0 Å². The smallest absolute Gasteiger partial charge is 0.0314 e. The fourth-order valence-corrected chi connectivity index (χ4v) is 5.21. The molecule has 0 unspecified atom stereocenters. The van der Waals surface area contributed by atoms with Crippen molar-refractivity contribution in [3.8, 4) is 0 Å². The second-order valence-corrected chi connectivity index (χ2v) is 10.7. The van der Waals surface area contributed by atoms with Gasteiger partial charge in [-0.25, -0.2) is 0 Å². The van der Waals surface area contributed by atoms with Gasteiger partial charge in [0.15, 0.2) is 0 Å². The highest BCUT2D eigenvalue weighted by Gasteiger charge is 2.07. The van der Waals surface area contributed by atoms with Crippen molar-refractivity contribution in [2.45, 2.75) is 45.4 Å². The van der Waals surface area contributed by atoms with E-state index in [2.05, 4.69) is 97.9 Å². The lowest BCUT2D eigenvalue weighted by molar-refractivity contribution is 0.899. The number of benzene rings is 5. The maximum Gasteiger partial charge on any atom is 0.0314 e. The Morgan fingerprint density at radius 2 is 0.718 bits per heavy atom. The van der Waals surface area contributed by atoms with Crippen LogP contribution >= 0.6 is 0 Å². The molecule has 4 N–H and O–H groups in total. The first-order valence-corrected chi connectivity index (χ1v) is 14.0. The van der Waals surface area contributed by atoms with Crippen molar-refractivity contribution in [2.75, 3.05) is 11.5 Å². The summed E-state index contributed by atoms with van der Waals surface area (Å²) in [5.41, 5.74) is 25.5. The van der Waals surface area contributed by atoms with Crippen LogP contribution in [0.1, 0.15) is 63.4 Å². The van der Waals surface area contributed by atoms with E-state index in [1.807, 2.05) is 24.3 Å².